The molecule has 0 spiro atoms. The molecule has 1 rings (SSSR count). The molecule has 1 aromatic heterocycles. The lowest BCUT2D eigenvalue weighted by Gasteiger charge is -1.70. The van der Waals surface area contributed by atoms with Crippen LogP contribution in [0.15, 0.2) is 4.34 Å². The molecule has 6 heteroatoms. The van der Waals surface area contributed by atoms with E-state index >= 15 is 0 Å². The number of rotatable bonds is 1. The fourth-order valence-electron chi connectivity index (χ4n) is 0.325. The van der Waals surface area contributed by atoms with Crippen LogP contribution in [0.1, 0.15) is 0 Å². The van der Waals surface area contributed by atoms with Gasteiger partial charge in [0.05, 0.1) is 5.39 Å². The number of nitrogens with zero attached hydrogens (tertiary/aromatic N) is 4. The highest BCUT2D eigenvalue weighted by molar-refractivity contribution is 8.00. The molecule has 0 aliphatic heterocycles. The maximum Gasteiger partial charge on any atom is 0.549 e. The van der Waals surface area contributed by atoms with Crippen molar-refractivity contribution < 1.29 is 0 Å². The molecule has 46 valence electrons. The van der Waals surface area contributed by atoms with Gasteiger partial charge in [-0.05, 0) is 11.4 Å². The summed E-state index contributed by atoms with van der Waals surface area (Å²) in [5.74, 6) is 0. The molecule has 0 N–H and O–H groups in total. The molecule has 0 fully saturated rings. The quantitative estimate of drug-likeness (QED) is 0.462. The van der Waals surface area contributed by atoms with Crippen molar-refractivity contribution in [3.63, 3.8) is 0 Å². The van der Waals surface area contributed by atoms with Crippen LogP contribution in [0.3, 0.4) is 0 Å². The molecule has 0 bridgehead atoms. The fourth-order valence-corrected chi connectivity index (χ4v) is 1.37. The van der Waals surface area contributed by atoms with Gasteiger partial charge >= 0.3 is 5.13 Å². The van der Waals surface area contributed by atoms with Gasteiger partial charge in [0.2, 0.25) is 4.34 Å². The molecule has 0 radical (unpaired) electrons. The Bertz CT molecular complexity index is 236. The maximum absolute atomic E-state index is 8.17. The number of hydrogen-bond donors (Lipinski definition) is 0. The van der Waals surface area contributed by atoms with Crippen molar-refractivity contribution in [2.24, 2.45) is 0 Å². The Morgan fingerprint density at radius 3 is 2.78 bits per heavy atom. The number of diazo groups is 1. The Balaban J connectivity index is 2.90. The largest absolute Gasteiger partial charge is 0.549 e. The Hall–Kier alpha value is -0.670. The SMILES string of the molecule is CSc1nnc([N+]#N)s1. The topological polar surface area (TPSA) is 53.9 Å². The van der Waals surface area contributed by atoms with Crippen LogP contribution in [0.25, 0.3) is 4.98 Å². The van der Waals surface area contributed by atoms with Crippen molar-refractivity contribution in [3.8, 4) is 0 Å². The van der Waals surface area contributed by atoms with E-state index in [1.807, 2.05) is 6.26 Å². The van der Waals surface area contributed by atoms with E-state index in [4.69, 9.17) is 5.39 Å². The zero-order valence-electron chi connectivity index (χ0n) is 4.61. The summed E-state index contributed by atoms with van der Waals surface area (Å²) >= 11 is 2.74. The number of hydrogen-bond acceptors (Lipinski definition) is 5. The first kappa shape index (κ1) is 6.45. The smallest absolute Gasteiger partial charge is 0.0946 e. The van der Waals surface area contributed by atoms with Gasteiger partial charge in [-0.1, -0.05) is 11.8 Å². The Morgan fingerprint density at radius 2 is 2.44 bits per heavy atom. The predicted octanol–water partition coefficient (Wildman–Crippen LogP) is 1.74. The van der Waals surface area contributed by atoms with E-state index in [2.05, 4.69) is 15.2 Å². The highest BCUT2D eigenvalue weighted by Gasteiger charge is 2.12. The van der Waals surface area contributed by atoms with Crippen molar-refractivity contribution in [1.29, 1.82) is 5.39 Å². The first-order valence-electron chi connectivity index (χ1n) is 2.09. The second-order valence-corrected chi connectivity index (χ2v) is 3.16. The molecule has 0 saturated heterocycles. The molecule has 9 heavy (non-hydrogen) atoms. The van der Waals surface area contributed by atoms with E-state index in [1.165, 1.54) is 23.1 Å². The second-order valence-electron chi connectivity index (χ2n) is 1.15. The van der Waals surface area contributed by atoms with Crippen molar-refractivity contribution >= 4 is 28.2 Å². The second kappa shape index (κ2) is 2.75. The van der Waals surface area contributed by atoms with Gasteiger partial charge < -0.3 is 0 Å². The lowest BCUT2D eigenvalue weighted by atomic mass is 11.3. The minimum Gasteiger partial charge on any atom is -0.0946 e. The molecule has 0 amide bonds. The summed E-state index contributed by atoms with van der Waals surface area (Å²) in [4.78, 5) is 2.87. The summed E-state index contributed by atoms with van der Waals surface area (Å²) in [5, 5.41) is 15.7. The summed E-state index contributed by atoms with van der Waals surface area (Å²) < 4.78 is 0.808. The molecule has 0 saturated carbocycles. The molecular weight excluding hydrogens is 156 g/mol. The maximum atomic E-state index is 8.17. The van der Waals surface area contributed by atoms with Crippen molar-refractivity contribution in [2.45, 2.75) is 4.34 Å². The van der Waals surface area contributed by atoms with Crippen LogP contribution in [0.5, 0.6) is 0 Å². The Labute approximate surface area is 59.9 Å². The molecule has 1 heterocycles. The number of thioether (sulfide) groups is 1. The van der Waals surface area contributed by atoms with Gasteiger partial charge in [0, 0.05) is 16.3 Å². The summed E-state index contributed by atoms with van der Waals surface area (Å²) in [5.41, 5.74) is 0. The number of aromatic nitrogens is 2. The zero-order valence-corrected chi connectivity index (χ0v) is 6.24. The fraction of sp³-hybridized carbons (Fsp3) is 0.333. The summed E-state index contributed by atoms with van der Waals surface area (Å²) in [6, 6.07) is 0. The third-order valence-corrected chi connectivity index (χ3v) is 2.44. The molecule has 0 unspecified atom stereocenters. The van der Waals surface area contributed by atoms with Gasteiger partial charge in [-0.3, -0.25) is 0 Å². The van der Waals surface area contributed by atoms with Crippen LogP contribution in [0.2, 0.25) is 0 Å². The predicted molar refractivity (Wildman–Crippen MR) is 36.4 cm³/mol. The van der Waals surface area contributed by atoms with Crippen molar-refractivity contribution in [1.82, 2.24) is 10.2 Å². The molecule has 1 aromatic rings. The molecule has 0 aliphatic rings. The van der Waals surface area contributed by atoms with Crippen LogP contribution in [0, 0.1) is 5.39 Å². The summed E-state index contributed by atoms with van der Waals surface area (Å²) in [6.45, 7) is 0. The van der Waals surface area contributed by atoms with Crippen molar-refractivity contribution in [3.05, 3.63) is 4.98 Å². The molecule has 4 nitrogen and oxygen atoms in total. The van der Waals surface area contributed by atoms with E-state index in [1.54, 1.807) is 0 Å². The van der Waals surface area contributed by atoms with E-state index in [0.29, 0.717) is 5.13 Å². The molecule has 0 atom stereocenters. The van der Waals surface area contributed by atoms with Gasteiger partial charge in [0.1, 0.15) is 5.10 Å². The standard InChI is InChI=1S/C3H3N4S2/c1-8-3-7-6-2(5-4)9-3/h1H3/q+1. The monoisotopic (exact) mass is 159 g/mol. The Morgan fingerprint density at radius 1 is 1.67 bits per heavy atom. The van der Waals surface area contributed by atoms with Gasteiger partial charge in [-0.25, -0.2) is 0 Å². The molecule has 0 aromatic carbocycles. The Kier molecular flexibility index (Phi) is 1.97. The summed E-state index contributed by atoms with van der Waals surface area (Å²) in [6.07, 6.45) is 1.89. The van der Waals surface area contributed by atoms with Crippen LogP contribution in [-0.4, -0.2) is 16.5 Å². The summed E-state index contributed by atoms with van der Waals surface area (Å²) in [7, 11) is 0. The van der Waals surface area contributed by atoms with Crippen LogP contribution < -0.4 is 0 Å². The van der Waals surface area contributed by atoms with E-state index in [-0.39, 0.29) is 0 Å². The highest BCUT2D eigenvalue weighted by atomic mass is 32.2. The normalized spacial score (nSPS) is 8.89. The lowest BCUT2D eigenvalue weighted by Crippen LogP contribution is -1.65. The van der Waals surface area contributed by atoms with E-state index < -0.39 is 0 Å². The highest BCUT2D eigenvalue weighted by Crippen LogP contribution is 2.24. The van der Waals surface area contributed by atoms with E-state index in [0.717, 1.165) is 4.34 Å². The van der Waals surface area contributed by atoms with Gasteiger partial charge in [-0.15, -0.1) is 0 Å². The van der Waals surface area contributed by atoms with Crippen molar-refractivity contribution in [2.75, 3.05) is 6.26 Å². The lowest BCUT2D eigenvalue weighted by molar-refractivity contribution is 1.02. The van der Waals surface area contributed by atoms with Gasteiger partial charge in [0.25, 0.3) is 0 Å². The van der Waals surface area contributed by atoms with Crippen LogP contribution in [-0.2, 0) is 0 Å². The van der Waals surface area contributed by atoms with Gasteiger partial charge in [0.15, 0.2) is 0 Å². The molecular formula is C3H3N4S2+. The zero-order chi connectivity index (χ0) is 6.69. The first-order chi connectivity index (χ1) is 4.36. The molecule has 0 aliphatic carbocycles. The van der Waals surface area contributed by atoms with E-state index in [9.17, 15) is 0 Å². The third kappa shape index (κ3) is 1.37. The van der Waals surface area contributed by atoms with Crippen LogP contribution >= 0.6 is 23.1 Å². The average Bonchev–Trinajstić information content (AvgIpc) is 2.34. The average molecular weight is 159 g/mol. The van der Waals surface area contributed by atoms with Crippen LogP contribution in [0.4, 0.5) is 5.13 Å². The third-order valence-electron chi connectivity index (χ3n) is 0.656. The minimum absolute atomic E-state index is 0.305. The van der Waals surface area contributed by atoms with Gasteiger partial charge in [-0.2, -0.15) is 0 Å². The minimum atomic E-state index is 0.305. The first-order valence-corrected chi connectivity index (χ1v) is 4.13.